The van der Waals surface area contributed by atoms with Crippen molar-refractivity contribution < 1.29 is 19.1 Å². The van der Waals surface area contributed by atoms with Crippen LogP contribution in [-0.4, -0.2) is 25.0 Å². The summed E-state index contributed by atoms with van der Waals surface area (Å²) in [7, 11) is 0. The van der Waals surface area contributed by atoms with Gasteiger partial charge in [-0.15, -0.1) is 0 Å². The summed E-state index contributed by atoms with van der Waals surface area (Å²) in [5.74, 6) is 0.211. The SMILES string of the molecule is CC(C)(C)c1ccc(OCC(=O)NNC(=O)COc2ccc(Br)cc2C(C)(C)C)c(Br)c1. The van der Waals surface area contributed by atoms with Crippen molar-refractivity contribution in [3.05, 3.63) is 56.5 Å². The van der Waals surface area contributed by atoms with Crippen LogP contribution in [0.3, 0.4) is 0 Å². The van der Waals surface area contributed by atoms with Gasteiger partial charge in [-0.25, -0.2) is 0 Å². The minimum atomic E-state index is -0.482. The van der Waals surface area contributed by atoms with Crippen LogP contribution in [0, 0.1) is 0 Å². The minimum Gasteiger partial charge on any atom is -0.483 e. The molecule has 0 spiro atoms. The molecule has 2 aromatic carbocycles. The third kappa shape index (κ3) is 7.81. The zero-order chi connectivity index (χ0) is 24.1. The number of hydrazine groups is 1. The number of ether oxygens (including phenoxy) is 2. The second kappa shape index (κ2) is 10.7. The van der Waals surface area contributed by atoms with E-state index in [2.05, 4.69) is 84.3 Å². The Morgan fingerprint density at radius 1 is 0.781 bits per heavy atom. The molecule has 0 aliphatic carbocycles. The molecule has 2 amide bonds. The van der Waals surface area contributed by atoms with Gasteiger partial charge in [0.1, 0.15) is 11.5 Å². The monoisotopic (exact) mass is 568 g/mol. The molecule has 0 unspecified atom stereocenters. The van der Waals surface area contributed by atoms with Crippen LogP contribution in [0.1, 0.15) is 52.7 Å². The maximum absolute atomic E-state index is 12.1. The molecule has 0 saturated carbocycles. The Labute approximate surface area is 206 Å². The zero-order valence-electron chi connectivity index (χ0n) is 19.3. The number of amides is 2. The highest BCUT2D eigenvalue weighted by atomic mass is 79.9. The Morgan fingerprint density at radius 2 is 1.31 bits per heavy atom. The summed E-state index contributed by atoms with van der Waals surface area (Å²) in [5, 5.41) is 0. The molecule has 2 aromatic rings. The topological polar surface area (TPSA) is 76.7 Å². The molecule has 0 aliphatic heterocycles. The van der Waals surface area contributed by atoms with Gasteiger partial charge in [0.2, 0.25) is 0 Å². The molecule has 0 atom stereocenters. The lowest BCUT2D eigenvalue weighted by Gasteiger charge is -2.23. The second-order valence-corrected chi connectivity index (χ2v) is 11.2. The Bertz CT molecular complexity index is 979. The highest BCUT2D eigenvalue weighted by molar-refractivity contribution is 9.10. The molecule has 0 radical (unpaired) electrons. The van der Waals surface area contributed by atoms with Crippen LogP contribution in [0.5, 0.6) is 11.5 Å². The molecule has 0 bridgehead atoms. The first-order valence-corrected chi connectivity index (χ1v) is 11.8. The van der Waals surface area contributed by atoms with Crippen molar-refractivity contribution in [3.8, 4) is 11.5 Å². The molecule has 8 heteroatoms. The van der Waals surface area contributed by atoms with Gasteiger partial charge in [0.15, 0.2) is 13.2 Å². The fourth-order valence-corrected chi connectivity index (χ4v) is 3.65. The van der Waals surface area contributed by atoms with E-state index in [4.69, 9.17) is 9.47 Å². The van der Waals surface area contributed by atoms with Gasteiger partial charge in [0.25, 0.3) is 11.8 Å². The minimum absolute atomic E-state index is 0.00860. The second-order valence-electron chi connectivity index (χ2n) is 9.46. The predicted molar refractivity (Wildman–Crippen MR) is 133 cm³/mol. The van der Waals surface area contributed by atoms with Gasteiger partial charge in [-0.1, -0.05) is 63.5 Å². The van der Waals surface area contributed by atoms with Gasteiger partial charge in [-0.2, -0.15) is 0 Å². The van der Waals surface area contributed by atoms with E-state index < -0.39 is 11.8 Å². The molecule has 0 heterocycles. The van der Waals surface area contributed by atoms with Gasteiger partial charge < -0.3 is 9.47 Å². The maximum atomic E-state index is 12.1. The quantitative estimate of drug-likeness (QED) is 0.456. The van der Waals surface area contributed by atoms with Crippen LogP contribution in [0.25, 0.3) is 0 Å². The average Bonchev–Trinajstić information content (AvgIpc) is 2.68. The van der Waals surface area contributed by atoms with Crippen LogP contribution >= 0.6 is 31.9 Å². The van der Waals surface area contributed by atoms with Gasteiger partial charge in [-0.3, -0.25) is 20.4 Å². The number of carbonyl (C=O) groups is 2. The van der Waals surface area contributed by atoms with E-state index in [1.165, 1.54) is 0 Å². The average molecular weight is 570 g/mol. The highest BCUT2D eigenvalue weighted by Crippen LogP contribution is 2.34. The fraction of sp³-hybridized carbons (Fsp3) is 0.417. The molecule has 2 N–H and O–H groups in total. The molecular formula is C24H30Br2N2O4. The number of benzene rings is 2. The first kappa shape index (κ1) is 26.2. The van der Waals surface area contributed by atoms with E-state index in [9.17, 15) is 9.59 Å². The molecule has 0 fully saturated rings. The van der Waals surface area contributed by atoms with Gasteiger partial charge in [-0.05, 0) is 62.7 Å². The lowest BCUT2D eigenvalue weighted by molar-refractivity contribution is -0.131. The van der Waals surface area contributed by atoms with Crippen LogP contribution in [0.2, 0.25) is 0 Å². The number of halogens is 2. The molecule has 2 rings (SSSR count). The number of rotatable bonds is 6. The van der Waals surface area contributed by atoms with Crippen molar-refractivity contribution in [3.63, 3.8) is 0 Å². The fourth-order valence-electron chi connectivity index (χ4n) is 2.80. The smallest absolute Gasteiger partial charge is 0.276 e. The number of hydrogen-bond donors (Lipinski definition) is 2. The van der Waals surface area contributed by atoms with Crippen LogP contribution in [-0.2, 0) is 20.4 Å². The predicted octanol–water partition coefficient (Wildman–Crippen LogP) is 5.41. The van der Waals surface area contributed by atoms with E-state index in [1.54, 1.807) is 0 Å². The first-order valence-electron chi connectivity index (χ1n) is 10.2. The van der Waals surface area contributed by atoms with E-state index in [1.807, 2.05) is 36.4 Å². The third-order valence-corrected chi connectivity index (χ3v) is 5.72. The van der Waals surface area contributed by atoms with Crippen molar-refractivity contribution in [2.75, 3.05) is 13.2 Å². The summed E-state index contributed by atoms with van der Waals surface area (Å²) < 4.78 is 12.9. The highest BCUT2D eigenvalue weighted by Gasteiger charge is 2.20. The molecule has 0 saturated heterocycles. The van der Waals surface area contributed by atoms with Crippen LogP contribution < -0.4 is 20.3 Å². The summed E-state index contributed by atoms with van der Waals surface area (Å²) in [6, 6.07) is 11.4. The Kier molecular flexibility index (Phi) is 8.76. The molecule has 6 nitrogen and oxygen atoms in total. The molecule has 0 aliphatic rings. The summed E-state index contributed by atoms with van der Waals surface area (Å²) in [5.41, 5.74) is 6.65. The van der Waals surface area contributed by atoms with Gasteiger partial charge in [0, 0.05) is 10.0 Å². The summed E-state index contributed by atoms with van der Waals surface area (Å²) >= 11 is 6.93. The molecule has 174 valence electrons. The lowest BCUT2D eigenvalue weighted by Crippen LogP contribution is -2.45. The first-order chi connectivity index (χ1) is 14.8. The number of nitrogens with one attached hydrogen (secondary N) is 2. The molecule has 32 heavy (non-hydrogen) atoms. The molecule has 0 aromatic heterocycles. The van der Waals surface area contributed by atoms with Crippen LogP contribution in [0.4, 0.5) is 0 Å². The normalized spacial score (nSPS) is 11.6. The Balaban J connectivity index is 1.83. The van der Waals surface area contributed by atoms with Gasteiger partial charge in [0.05, 0.1) is 4.47 Å². The van der Waals surface area contributed by atoms with Crippen molar-refractivity contribution >= 4 is 43.7 Å². The van der Waals surface area contributed by atoms with E-state index in [-0.39, 0.29) is 24.0 Å². The maximum Gasteiger partial charge on any atom is 0.276 e. The van der Waals surface area contributed by atoms with E-state index in [0.717, 1.165) is 20.1 Å². The van der Waals surface area contributed by atoms with Crippen molar-refractivity contribution in [2.45, 2.75) is 52.4 Å². The summed E-state index contributed by atoms with van der Waals surface area (Å²) in [4.78, 5) is 24.1. The van der Waals surface area contributed by atoms with Gasteiger partial charge >= 0.3 is 0 Å². The van der Waals surface area contributed by atoms with Crippen molar-refractivity contribution in [2.24, 2.45) is 0 Å². The Hall–Kier alpha value is -2.06. The van der Waals surface area contributed by atoms with Crippen molar-refractivity contribution in [1.29, 1.82) is 0 Å². The largest absolute Gasteiger partial charge is 0.483 e. The number of carbonyl (C=O) groups excluding carboxylic acids is 2. The lowest BCUT2D eigenvalue weighted by atomic mass is 9.86. The summed E-state index contributed by atoms with van der Waals surface area (Å²) in [6.07, 6.45) is 0. The number of hydrogen-bond acceptors (Lipinski definition) is 4. The van der Waals surface area contributed by atoms with Crippen molar-refractivity contribution in [1.82, 2.24) is 10.9 Å². The van der Waals surface area contributed by atoms with E-state index >= 15 is 0 Å². The Morgan fingerprint density at radius 3 is 1.81 bits per heavy atom. The zero-order valence-corrected chi connectivity index (χ0v) is 22.4. The third-order valence-electron chi connectivity index (χ3n) is 4.61. The van der Waals surface area contributed by atoms with E-state index in [0.29, 0.717) is 11.5 Å². The molecular weight excluding hydrogens is 540 g/mol. The van der Waals surface area contributed by atoms with Crippen LogP contribution in [0.15, 0.2) is 45.3 Å². The summed E-state index contributed by atoms with van der Waals surface area (Å²) in [6.45, 7) is 12.1. The standard InChI is InChI=1S/C24H30Br2N2O4/c1-23(2,3)15-7-9-20(18(26)11-15)32-14-22(30)28-27-21(29)13-31-19-10-8-16(25)12-17(19)24(4,5)6/h7-12H,13-14H2,1-6H3,(H,27,29)(H,28,30).